The van der Waals surface area contributed by atoms with Crippen LogP contribution >= 0.6 is 0 Å². The van der Waals surface area contributed by atoms with Crippen molar-refractivity contribution < 1.29 is 24.1 Å². The maximum absolute atomic E-state index is 12.6. The quantitative estimate of drug-likeness (QED) is 0.149. The Morgan fingerprint density at radius 1 is 1.32 bits per heavy atom. The van der Waals surface area contributed by atoms with Gasteiger partial charge in [0, 0.05) is 0 Å². The molecule has 0 aliphatic carbocycles. The van der Waals surface area contributed by atoms with Gasteiger partial charge in [-0.1, -0.05) is 32.1 Å². The zero-order valence-electron chi connectivity index (χ0n) is 16.5. The summed E-state index contributed by atoms with van der Waals surface area (Å²) in [7, 11) is 0.000930. The molecule has 1 aromatic carbocycles. The zero-order valence-corrected chi connectivity index (χ0v) is 16.5. The summed E-state index contributed by atoms with van der Waals surface area (Å²) in [6.07, 6.45) is 4.02. The SMILES string of the molecule is C=CCCOc1ccc(C[C@H](BOC=N)C(=O)N[C@@H](CC(C)C)C(=O)O)cc1. The molecular formula is C20H29BN2O5. The summed E-state index contributed by atoms with van der Waals surface area (Å²) in [6.45, 7) is 7.99. The average Bonchev–Trinajstić information content (AvgIpc) is 2.65. The van der Waals surface area contributed by atoms with Gasteiger partial charge in [-0.2, -0.15) is 0 Å². The highest BCUT2D eigenvalue weighted by atomic mass is 16.5. The van der Waals surface area contributed by atoms with Gasteiger partial charge in [-0.3, -0.25) is 10.2 Å². The number of hydrogen-bond donors (Lipinski definition) is 3. The summed E-state index contributed by atoms with van der Waals surface area (Å²) in [4.78, 5) is 24.0. The molecule has 28 heavy (non-hydrogen) atoms. The van der Waals surface area contributed by atoms with Crippen LogP contribution in [0.5, 0.6) is 5.75 Å². The molecule has 0 saturated carbocycles. The molecule has 1 rings (SSSR count). The molecule has 0 saturated heterocycles. The van der Waals surface area contributed by atoms with Gasteiger partial charge in [-0.15, -0.1) is 6.58 Å². The van der Waals surface area contributed by atoms with Gasteiger partial charge in [-0.25, -0.2) is 4.79 Å². The predicted molar refractivity (Wildman–Crippen MR) is 110 cm³/mol. The Balaban J connectivity index is 2.77. The Kier molecular flexibility index (Phi) is 10.5. The van der Waals surface area contributed by atoms with E-state index in [0.717, 1.165) is 24.1 Å². The second kappa shape index (κ2) is 12.6. The molecule has 3 N–H and O–H groups in total. The van der Waals surface area contributed by atoms with Gasteiger partial charge in [-0.05, 0) is 42.9 Å². The number of amides is 1. The van der Waals surface area contributed by atoms with E-state index in [1.54, 1.807) is 6.08 Å². The minimum atomic E-state index is -1.06. The van der Waals surface area contributed by atoms with Crippen molar-refractivity contribution >= 4 is 25.8 Å². The summed E-state index contributed by atoms with van der Waals surface area (Å²) in [5.41, 5.74) is 0.889. The van der Waals surface area contributed by atoms with Crippen LogP contribution in [0.25, 0.3) is 0 Å². The molecule has 0 aromatic heterocycles. The summed E-state index contributed by atoms with van der Waals surface area (Å²) in [6, 6.07) is 6.41. The van der Waals surface area contributed by atoms with Crippen LogP contribution in [-0.2, 0) is 20.7 Å². The molecule has 7 nitrogen and oxygen atoms in total. The van der Waals surface area contributed by atoms with Gasteiger partial charge in [0.15, 0.2) is 0 Å². The van der Waals surface area contributed by atoms with Crippen molar-refractivity contribution in [2.24, 2.45) is 5.92 Å². The molecule has 0 radical (unpaired) electrons. The van der Waals surface area contributed by atoms with Gasteiger partial charge in [0.05, 0.1) is 12.4 Å². The molecule has 2 atom stereocenters. The first-order valence-electron chi connectivity index (χ1n) is 9.33. The van der Waals surface area contributed by atoms with E-state index >= 15 is 0 Å². The smallest absolute Gasteiger partial charge is 0.354 e. The third-order valence-corrected chi connectivity index (χ3v) is 4.07. The number of hydrogen-bond acceptors (Lipinski definition) is 5. The van der Waals surface area contributed by atoms with E-state index in [4.69, 9.17) is 14.8 Å². The van der Waals surface area contributed by atoms with Crippen molar-refractivity contribution in [3.05, 3.63) is 42.5 Å². The zero-order chi connectivity index (χ0) is 20.9. The molecule has 8 heteroatoms. The lowest BCUT2D eigenvalue weighted by Crippen LogP contribution is -2.44. The molecule has 152 valence electrons. The molecule has 0 spiro atoms. The molecule has 1 aromatic rings. The van der Waals surface area contributed by atoms with Crippen molar-refractivity contribution in [2.75, 3.05) is 6.61 Å². The Labute approximate surface area is 166 Å². The molecule has 0 aliphatic rings. The fraction of sp³-hybridized carbons (Fsp3) is 0.450. The van der Waals surface area contributed by atoms with Crippen molar-refractivity contribution in [1.82, 2.24) is 5.32 Å². The minimum absolute atomic E-state index is 0.000930. The number of carbonyl (C=O) groups excluding carboxylic acids is 1. The number of rotatable bonds is 14. The fourth-order valence-electron chi connectivity index (χ4n) is 2.64. The third kappa shape index (κ3) is 8.75. The first kappa shape index (κ1) is 23.3. The van der Waals surface area contributed by atoms with E-state index in [9.17, 15) is 14.7 Å². The van der Waals surface area contributed by atoms with Crippen LogP contribution in [0.2, 0.25) is 5.82 Å². The highest BCUT2D eigenvalue weighted by Gasteiger charge is 2.27. The van der Waals surface area contributed by atoms with Crippen molar-refractivity contribution in [2.45, 2.75) is 45.0 Å². The number of carbonyl (C=O) groups is 2. The van der Waals surface area contributed by atoms with Crippen molar-refractivity contribution in [3.63, 3.8) is 0 Å². The first-order valence-corrected chi connectivity index (χ1v) is 9.33. The molecule has 0 heterocycles. The van der Waals surface area contributed by atoms with Gasteiger partial charge >= 0.3 is 13.5 Å². The van der Waals surface area contributed by atoms with Crippen LogP contribution in [-0.4, -0.2) is 43.5 Å². The second-order valence-corrected chi connectivity index (χ2v) is 6.95. The molecular weight excluding hydrogens is 359 g/mol. The maximum atomic E-state index is 12.6. The van der Waals surface area contributed by atoms with Crippen molar-refractivity contribution in [3.8, 4) is 5.75 Å². The average molecular weight is 388 g/mol. The highest BCUT2D eigenvalue weighted by Crippen LogP contribution is 2.19. The van der Waals surface area contributed by atoms with Gasteiger partial charge < -0.3 is 19.8 Å². The number of ether oxygens (including phenoxy) is 1. The molecule has 0 bridgehead atoms. The predicted octanol–water partition coefficient (Wildman–Crippen LogP) is 2.56. The van der Waals surface area contributed by atoms with E-state index in [1.807, 2.05) is 38.1 Å². The van der Waals surface area contributed by atoms with Crippen molar-refractivity contribution in [1.29, 1.82) is 5.41 Å². The molecule has 1 amide bonds. The Morgan fingerprint density at radius 3 is 2.54 bits per heavy atom. The van der Waals surface area contributed by atoms with Crippen LogP contribution in [0, 0.1) is 11.3 Å². The van der Waals surface area contributed by atoms with Crippen LogP contribution in [0.3, 0.4) is 0 Å². The van der Waals surface area contributed by atoms with Crippen LogP contribution < -0.4 is 10.1 Å². The number of nitrogens with one attached hydrogen (secondary N) is 2. The molecule has 0 fully saturated rings. The van der Waals surface area contributed by atoms with E-state index in [0.29, 0.717) is 19.4 Å². The first-order chi connectivity index (χ1) is 13.4. The Hall–Kier alpha value is -2.77. The van der Waals surface area contributed by atoms with Crippen LogP contribution in [0.15, 0.2) is 36.9 Å². The number of aliphatic carboxylic acids is 1. The number of carboxylic acids is 1. The van der Waals surface area contributed by atoms with Gasteiger partial charge in [0.2, 0.25) is 5.91 Å². The third-order valence-electron chi connectivity index (χ3n) is 4.07. The van der Waals surface area contributed by atoms with E-state index in [1.165, 1.54) is 0 Å². The largest absolute Gasteiger partial charge is 0.556 e. The van der Waals surface area contributed by atoms with Gasteiger partial charge in [0.1, 0.15) is 18.2 Å². The van der Waals surface area contributed by atoms with E-state index < -0.39 is 23.7 Å². The summed E-state index contributed by atoms with van der Waals surface area (Å²) < 4.78 is 10.6. The summed E-state index contributed by atoms with van der Waals surface area (Å²) in [5, 5.41) is 19.0. The minimum Gasteiger partial charge on any atom is -0.556 e. The lowest BCUT2D eigenvalue weighted by atomic mass is 9.75. The summed E-state index contributed by atoms with van der Waals surface area (Å²) in [5.74, 6) is -1.21. The molecule has 0 aliphatic heterocycles. The topological polar surface area (TPSA) is 109 Å². The lowest BCUT2D eigenvalue weighted by Gasteiger charge is -2.20. The Bertz CT molecular complexity index is 649. The lowest BCUT2D eigenvalue weighted by molar-refractivity contribution is -0.142. The highest BCUT2D eigenvalue weighted by molar-refractivity contribution is 6.39. The number of benzene rings is 1. The monoisotopic (exact) mass is 388 g/mol. The Morgan fingerprint density at radius 2 is 2.00 bits per heavy atom. The maximum Gasteiger partial charge on any atom is 0.354 e. The standard InChI is InChI=1S/C20H29BN2O5/c1-4-5-10-27-16-8-6-15(7-9-16)12-17(21-28-13-22)19(24)23-18(20(25)26)11-14(2)3/h4,6-9,13-14,17-18,21-22H,1,5,10-12H2,2-3H3,(H,23,24)(H,25,26)/t17-,18-/m0/s1. The van der Waals surface area contributed by atoms with E-state index in [2.05, 4.69) is 11.9 Å². The van der Waals surface area contributed by atoms with Crippen LogP contribution in [0.1, 0.15) is 32.3 Å². The molecule has 0 unspecified atom stereocenters. The second-order valence-electron chi connectivity index (χ2n) is 6.95. The summed E-state index contributed by atoms with van der Waals surface area (Å²) >= 11 is 0. The number of carboxylic acid groups (broad SMARTS) is 1. The van der Waals surface area contributed by atoms with E-state index in [-0.39, 0.29) is 13.4 Å². The normalized spacial score (nSPS) is 12.5. The fourth-order valence-corrected chi connectivity index (χ4v) is 2.64. The van der Waals surface area contributed by atoms with Gasteiger partial charge in [0.25, 0.3) is 0 Å². The van der Waals surface area contributed by atoms with Crippen LogP contribution in [0.4, 0.5) is 0 Å².